The van der Waals surface area contributed by atoms with Gasteiger partial charge in [-0.2, -0.15) is 0 Å². The summed E-state index contributed by atoms with van der Waals surface area (Å²) >= 11 is 16.0. The van der Waals surface area contributed by atoms with Crippen LogP contribution in [0.4, 0.5) is 0 Å². The summed E-state index contributed by atoms with van der Waals surface area (Å²) in [6, 6.07) is -0.488. The first kappa shape index (κ1) is 17.1. The van der Waals surface area contributed by atoms with Crippen molar-refractivity contribution in [3.63, 3.8) is 0 Å². The zero-order valence-corrected chi connectivity index (χ0v) is 11.8. The van der Waals surface area contributed by atoms with Gasteiger partial charge in [-0.3, -0.25) is 4.79 Å². The number of methoxy groups -OCH3 is 1. The van der Waals surface area contributed by atoms with Crippen LogP contribution >= 0.6 is 47.2 Å². The van der Waals surface area contributed by atoms with Crippen molar-refractivity contribution in [1.82, 2.24) is 5.32 Å². The number of rotatable bonds is 2. The smallest absolute Gasteiger partial charge is 0.358 e. The third-order valence-electron chi connectivity index (χ3n) is 2.08. The molecule has 5 nitrogen and oxygen atoms in total. The molecule has 1 N–H and O–H groups in total. The van der Waals surface area contributed by atoms with Gasteiger partial charge in [0.15, 0.2) is 0 Å². The minimum atomic E-state index is -2.09. The molecule has 1 heterocycles. The van der Waals surface area contributed by atoms with E-state index in [1.165, 1.54) is 7.11 Å². The van der Waals surface area contributed by atoms with E-state index in [4.69, 9.17) is 39.5 Å². The van der Waals surface area contributed by atoms with E-state index >= 15 is 0 Å². The Morgan fingerprint density at radius 1 is 1.35 bits per heavy atom. The fourth-order valence-electron chi connectivity index (χ4n) is 1.33. The van der Waals surface area contributed by atoms with Gasteiger partial charge in [0, 0.05) is 13.0 Å². The molecule has 0 bridgehead atoms. The Morgan fingerprint density at radius 3 is 2.41 bits per heavy atom. The normalized spacial score (nSPS) is 23.8. The zero-order valence-electron chi connectivity index (χ0n) is 8.74. The van der Waals surface area contributed by atoms with Crippen molar-refractivity contribution < 1.29 is 19.1 Å². The summed E-state index contributed by atoms with van der Waals surface area (Å²) in [7, 11) is 1.28. The molecule has 1 rings (SSSR count). The second kappa shape index (κ2) is 6.85. The van der Waals surface area contributed by atoms with Crippen LogP contribution < -0.4 is 5.32 Å². The number of esters is 2. The summed E-state index contributed by atoms with van der Waals surface area (Å²) in [5.41, 5.74) is 0. The number of hydrogen-bond donors (Lipinski definition) is 1. The summed E-state index contributed by atoms with van der Waals surface area (Å²) in [5.74, 6) is -1.36. The fraction of sp³-hybridized carbons (Fsp3) is 0.750. The number of hydrogen-bond acceptors (Lipinski definition) is 5. The molecule has 0 spiro atoms. The Kier molecular flexibility index (Phi) is 6.87. The molecule has 0 aromatic carbocycles. The Bertz CT molecular complexity index is 294. The number of ether oxygens (including phenoxy) is 2. The SMILES string of the molecule is COC(=O)[C@@H]1C[C@@H](OC(=O)C(Cl)(Cl)Cl)CN1.Cl. The average molecular weight is 327 g/mol. The Balaban J connectivity index is 0.00000256. The maximum Gasteiger partial charge on any atom is 0.358 e. The first-order valence-corrected chi connectivity index (χ1v) is 5.57. The fourth-order valence-corrected chi connectivity index (χ4v) is 1.47. The molecule has 1 fully saturated rings. The van der Waals surface area contributed by atoms with E-state index in [0.29, 0.717) is 13.0 Å². The molecular weight excluding hydrogens is 316 g/mol. The van der Waals surface area contributed by atoms with Crippen LogP contribution in [-0.4, -0.2) is 41.5 Å². The Labute approximate surface area is 119 Å². The predicted octanol–water partition coefficient (Wildman–Crippen LogP) is 1.23. The van der Waals surface area contributed by atoms with Crippen LogP contribution in [0.5, 0.6) is 0 Å². The van der Waals surface area contributed by atoms with Crippen LogP contribution in [0.2, 0.25) is 0 Å². The van der Waals surface area contributed by atoms with E-state index in [1.807, 2.05) is 0 Å². The van der Waals surface area contributed by atoms with Gasteiger partial charge >= 0.3 is 11.9 Å². The summed E-state index contributed by atoms with van der Waals surface area (Å²) in [5, 5.41) is 2.83. The van der Waals surface area contributed by atoms with Crippen LogP contribution in [0.1, 0.15) is 6.42 Å². The van der Waals surface area contributed by atoms with Crippen molar-refractivity contribution in [2.24, 2.45) is 0 Å². The molecule has 0 amide bonds. The minimum absolute atomic E-state index is 0. The molecule has 0 aliphatic carbocycles. The third-order valence-corrected chi connectivity index (χ3v) is 2.54. The molecule has 1 aliphatic heterocycles. The molecule has 17 heavy (non-hydrogen) atoms. The van der Waals surface area contributed by atoms with Crippen LogP contribution in [0.3, 0.4) is 0 Å². The zero-order chi connectivity index (χ0) is 12.3. The molecule has 1 saturated heterocycles. The van der Waals surface area contributed by atoms with Gasteiger partial charge < -0.3 is 14.8 Å². The van der Waals surface area contributed by atoms with Gasteiger partial charge in [-0.25, -0.2) is 4.79 Å². The molecule has 0 unspecified atom stereocenters. The summed E-state index contributed by atoms with van der Waals surface area (Å²) in [6.07, 6.45) is -0.189. The van der Waals surface area contributed by atoms with Crippen molar-refractivity contribution in [2.45, 2.75) is 22.4 Å². The van der Waals surface area contributed by atoms with Gasteiger partial charge in [-0.05, 0) is 0 Å². The molecule has 0 radical (unpaired) electrons. The highest BCUT2D eigenvalue weighted by molar-refractivity contribution is 6.75. The number of carbonyl (C=O) groups excluding carboxylic acids is 2. The lowest BCUT2D eigenvalue weighted by Crippen LogP contribution is -2.31. The van der Waals surface area contributed by atoms with E-state index in [2.05, 4.69) is 10.1 Å². The number of alkyl halides is 3. The summed E-state index contributed by atoms with van der Waals surface area (Å²) in [6.45, 7) is 0.326. The van der Waals surface area contributed by atoms with Gasteiger partial charge in [0.25, 0.3) is 3.79 Å². The highest BCUT2D eigenvalue weighted by Gasteiger charge is 2.38. The van der Waals surface area contributed by atoms with E-state index in [1.54, 1.807) is 0 Å². The molecular formula is C8H11Cl4NO4. The van der Waals surface area contributed by atoms with Crippen molar-refractivity contribution in [1.29, 1.82) is 0 Å². The van der Waals surface area contributed by atoms with E-state index in [9.17, 15) is 9.59 Å². The van der Waals surface area contributed by atoms with E-state index in [-0.39, 0.29) is 12.4 Å². The van der Waals surface area contributed by atoms with E-state index in [0.717, 1.165) is 0 Å². The first-order chi connectivity index (χ1) is 7.34. The summed E-state index contributed by atoms with van der Waals surface area (Å²) < 4.78 is 7.34. The summed E-state index contributed by atoms with van der Waals surface area (Å²) in [4.78, 5) is 22.3. The Morgan fingerprint density at radius 2 is 1.94 bits per heavy atom. The number of halogens is 4. The molecule has 0 aromatic heterocycles. The number of carbonyl (C=O) groups is 2. The maximum absolute atomic E-state index is 11.2. The van der Waals surface area contributed by atoms with Gasteiger partial charge in [0.1, 0.15) is 12.1 Å². The quantitative estimate of drug-likeness (QED) is 0.610. The lowest BCUT2D eigenvalue weighted by atomic mass is 10.2. The first-order valence-electron chi connectivity index (χ1n) is 4.43. The largest absolute Gasteiger partial charge is 0.468 e. The third kappa shape index (κ3) is 5.06. The molecule has 2 atom stereocenters. The van der Waals surface area contributed by atoms with Gasteiger partial charge in [-0.15, -0.1) is 12.4 Å². The minimum Gasteiger partial charge on any atom is -0.468 e. The average Bonchev–Trinajstić information content (AvgIpc) is 2.63. The monoisotopic (exact) mass is 325 g/mol. The highest BCUT2D eigenvalue weighted by atomic mass is 35.6. The maximum atomic E-state index is 11.2. The second-order valence-corrected chi connectivity index (χ2v) is 5.53. The molecule has 0 aromatic rings. The van der Waals surface area contributed by atoms with Crippen molar-refractivity contribution in [3.05, 3.63) is 0 Å². The van der Waals surface area contributed by atoms with Crippen molar-refractivity contribution in [3.8, 4) is 0 Å². The van der Waals surface area contributed by atoms with Crippen LogP contribution in [0, 0.1) is 0 Å². The van der Waals surface area contributed by atoms with Crippen LogP contribution in [0.25, 0.3) is 0 Å². The van der Waals surface area contributed by atoms with Crippen LogP contribution in [0.15, 0.2) is 0 Å². The predicted molar refractivity (Wildman–Crippen MR) is 65.8 cm³/mol. The molecule has 9 heteroatoms. The van der Waals surface area contributed by atoms with Gasteiger partial charge in [0.2, 0.25) is 0 Å². The van der Waals surface area contributed by atoms with Crippen LogP contribution in [-0.2, 0) is 19.1 Å². The Hall–Kier alpha value is 0.0600. The highest BCUT2D eigenvalue weighted by Crippen LogP contribution is 2.28. The number of nitrogens with one attached hydrogen (secondary N) is 1. The van der Waals surface area contributed by atoms with Crippen molar-refractivity contribution in [2.75, 3.05) is 13.7 Å². The van der Waals surface area contributed by atoms with Gasteiger partial charge in [-0.1, -0.05) is 34.8 Å². The topological polar surface area (TPSA) is 64.6 Å². The molecule has 0 saturated carbocycles. The van der Waals surface area contributed by atoms with Crippen molar-refractivity contribution >= 4 is 59.1 Å². The standard InChI is InChI=1S/C8H10Cl3NO4.ClH/c1-15-6(13)5-2-4(3-12-5)16-7(14)8(9,10)11;/h4-5,12H,2-3H2,1H3;1H/t4-,5+;/m1./s1. The second-order valence-electron chi connectivity index (χ2n) is 3.24. The molecule has 100 valence electrons. The lowest BCUT2D eigenvalue weighted by molar-refractivity contribution is -0.148. The lowest BCUT2D eigenvalue weighted by Gasteiger charge is -2.15. The molecule has 1 aliphatic rings. The van der Waals surface area contributed by atoms with Gasteiger partial charge in [0.05, 0.1) is 7.11 Å². The van der Waals surface area contributed by atoms with E-state index < -0.39 is 27.9 Å².